The molecule has 0 amide bonds. The van der Waals surface area contributed by atoms with Gasteiger partial charge in [-0.15, -0.1) is 11.3 Å². The Morgan fingerprint density at radius 3 is 3.00 bits per heavy atom. The van der Waals surface area contributed by atoms with E-state index in [0.29, 0.717) is 6.04 Å². The van der Waals surface area contributed by atoms with Crippen molar-refractivity contribution in [2.24, 2.45) is 5.73 Å². The first-order valence-electron chi connectivity index (χ1n) is 5.58. The van der Waals surface area contributed by atoms with Crippen LogP contribution in [0.5, 0.6) is 0 Å². The van der Waals surface area contributed by atoms with Crippen molar-refractivity contribution in [3.63, 3.8) is 0 Å². The van der Waals surface area contributed by atoms with Crippen molar-refractivity contribution in [3.05, 3.63) is 19.8 Å². The topological polar surface area (TPSA) is 29.3 Å². The fourth-order valence-corrected chi connectivity index (χ4v) is 4.02. The lowest BCUT2D eigenvalue weighted by atomic mass is 10.0. The van der Waals surface area contributed by atoms with E-state index < -0.39 is 0 Å². The van der Waals surface area contributed by atoms with Crippen molar-refractivity contribution in [1.82, 2.24) is 4.90 Å². The lowest BCUT2D eigenvalue weighted by molar-refractivity contribution is 0.146. The molecule has 0 spiro atoms. The van der Waals surface area contributed by atoms with E-state index in [1.807, 2.05) is 0 Å². The highest BCUT2D eigenvalue weighted by Gasteiger charge is 2.21. The Morgan fingerprint density at radius 2 is 2.38 bits per heavy atom. The summed E-state index contributed by atoms with van der Waals surface area (Å²) in [6.45, 7) is 2.91. The molecule has 1 unspecified atom stereocenters. The highest BCUT2D eigenvalue weighted by molar-refractivity contribution is 9.10. The minimum Gasteiger partial charge on any atom is -0.329 e. The molecule has 2 N–H and O–H groups in total. The molecule has 16 heavy (non-hydrogen) atoms. The van der Waals surface area contributed by atoms with Gasteiger partial charge in [-0.2, -0.15) is 0 Å². The van der Waals surface area contributed by atoms with Crippen LogP contribution in [0.4, 0.5) is 0 Å². The normalized spacial score (nSPS) is 22.6. The molecular formula is C11H16BrClN2S. The van der Waals surface area contributed by atoms with E-state index >= 15 is 0 Å². The molecule has 1 fully saturated rings. The van der Waals surface area contributed by atoms with Crippen molar-refractivity contribution >= 4 is 38.9 Å². The largest absolute Gasteiger partial charge is 0.329 e. The van der Waals surface area contributed by atoms with Gasteiger partial charge < -0.3 is 5.73 Å². The predicted molar refractivity (Wildman–Crippen MR) is 74.1 cm³/mol. The Kier molecular flexibility index (Phi) is 4.67. The summed E-state index contributed by atoms with van der Waals surface area (Å²) in [6, 6.07) is 2.67. The first kappa shape index (κ1) is 12.8. The quantitative estimate of drug-likeness (QED) is 0.923. The highest BCUT2D eigenvalue weighted by atomic mass is 79.9. The number of thiophene rings is 1. The Morgan fingerprint density at radius 1 is 1.56 bits per heavy atom. The molecular weight excluding hydrogens is 308 g/mol. The number of hydrogen-bond donors (Lipinski definition) is 1. The Labute approximate surface area is 114 Å². The van der Waals surface area contributed by atoms with Gasteiger partial charge in [-0.25, -0.2) is 0 Å². The number of rotatable bonds is 3. The monoisotopic (exact) mass is 322 g/mol. The number of likely N-dealkylation sites (tertiary alicyclic amines) is 1. The smallest absolute Gasteiger partial charge is 0.107 e. The molecule has 1 aromatic rings. The molecule has 2 nitrogen and oxygen atoms in total. The van der Waals surface area contributed by atoms with Crippen molar-refractivity contribution in [3.8, 4) is 0 Å². The summed E-state index contributed by atoms with van der Waals surface area (Å²) >= 11 is 11.2. The maximum absolute atomic E-state index is 6.05. The molecule has 2 heterocycles. The summed E-state index contributed by atoms with van der Waals surface area (Å²) in [7, 11) is 0. The summed E-state index contributed by atoms with van der Waals surface area (Å²) in [4.78, 5) is 3.80. The predicted octanol–water partition coefficient (Wildman–Crippen LogP) is 3.48. The van der Waals surface area contributed by atoms with Crippen LogP contribution in [0.1, 0.15) is 24.1 Å². The first-order chi connectivity index (χ1) is 7.70. The lowest BCUT2D eigenvalue weighted by Crippen LogP contribution is -2.43. The molecule has 90 valence electrons. The summed E-state index contributed by atoms with van der Waals surface area (Å²) in [5, 5.41) is 0. The fourth-order valence-electron chi connectivity index (χ4n) is 2.20. The molecule has 2 rings (SSSR count). The van der Waals surface area contributed by atoms with Crippen LogP contribution >= 0.6 is 38.9 Å². The molecule has 0 saturated carbocycles. The third-order valence-electron chi connectivity index (χ3n) is 3.08. The van der Waals surface area contributed by atoms with Crippen molar-refractivity contribution in [2.75, 3.05) is 13.1 Å². The first-order valence-corrected chi connectivity index (χ1v) is 7.57. The zero-order chi connectivity index (χ0) is 11.5. The summed E-state index contributed by atoms with van der Waals surface area (Å²) < 4.78 is 1.85. The second kappa shape index (κ2) is 5.83. The maximum Gasteiger partial charge on any atom is 0.107 e. The summed E-state index contributed by atoms with van der Waals surface area (Å²) in [6.07, 6.45) is 3.83. The lowest BCUT2D eigenvalue weighted by Gasteiger charge is -2.34. The molecule has 0 aromatic carbocycles. The number of nitrogens with zero attached hydrogens (tertiary/aromatic N) is 1. The highest BCUT2D eigenvalue weighted by Crippen LogP contribution is 2.33. The van der Waals surface area contributed by atoms with Crippen molar-refractivity contribution in [1.29, 1.82) is 0 Å². The average Bonchev–Trinajstić information content (AvgIpc) is 2.59. The Bertz CT molecular complexity index is 336. The third-order valence-corrected chi connectivity index (χ3v) is 5.54. The van der Waals surface area contributed by atoms with Crippen LogP contribution in [0, 0.1) is 0 Å². The van der Waals surface area contributed by atoms with Gasteiger partial charge in [0.15, 0.2) is 0 Å². The molecule has 0 bridgehead atoms. The molecule has 1 atom stereocenters. The van der Waals surface area contributed by atoms with E-state index in [0.717, 1.165) is 28.4 Å². The van der Waals surface area contributed by atoms with E-state index in [4.69, 9.17) is 17.3 Å². The average molecular weight is 324 g/mol. The van der Waals surface area contributed by atoms with Crippen LogP contribution in [0.2, 0.25) is 4.34 Å². The SMILES string of the molecule is NCC1CCCCN1Cc1cc(Br)c(Cl)s1. The second-order valence-corrected chi connectivity index (χ2v) is 6.78. The maximum atomic E-state index is 6.05. The Balaban J connectivity index is 2.02. The Hall–Kier alpha value is 0.390. The molecule has 1 aliphatic heterocycles. The minimum absolute atomic E-state index is 0.549. The van der Waals surface area contributed by atoms with E-state index in [9.17, 15) is 0 Å². The van der Waals surface area contributed by atoms with Gasteiger partial charge in [-0.05, 0) is 41.4 Å². The van der Waals surface area contributed by atoms with Gasteiger partial charge >= 0.3 is 0 Å². The van der Waals surface area contributed by atoms with Gasteiger partial charge in [0.25, 0.3) is 0 Å². The van der Waals surface area contributed by atoms with E-state index in [1.165, 1.54) is 24.1 Å². The van der Waals surface area contributed by atoms with Crippen LogP contribution in [-0.2, 0) is 6.54 Å². The molecule has 1 aromatic heterocycles. The van der Waals surface area contributed by atoms with Crippen LogP contribution in [0.15, 0.2) is 10.5 Å². The fraction of sp³-hybridized carbons (Fsp3) is 0.636. The molecule has 5 heteroatoms. The van der Waals surface area contributed by atoms with Gasteiger partial charge in [0.2, 0.25) is 0 Å². The van der Waals surface area contributed by atoms with Gasteiger partial charge in [0, 0.05) is 28.5 Å². The van der Waals surface area contributed by atoms with Crippen LogP contribution in [-0.4, -0.2) is 24.0 Å². The number of piperidine rings is 1. The molecule has 0 radical (unpaired) electrons. The van der Waals surface area contributed by atoms with E-state index in [2.05, 4.69) is 26.9 Å². The summed E-state index contributed by atoms with van der Waals surface area (Å²) in [5.41, 5.74) is 5.81. The standard InChI is InChI=1S/C11H16BrClN2S/c12-10-5-9(16-11(10)13)7-15-4-2-1-3-8(15)6-14/h5,8H,1-4,6-7,14H2. The molecule has 1 saturated heterocycles. The van der Waals surface area contributed by atoms with Crippen molar-refractivity contribution in [2.45, 2.75) is 31.8 Å². The van der Waals surface area contributed by atoms with E-state index in [-0.39, 0.29) is 0 Å². The minimum atomic E-state index is 0.549. The van der Waals surface area contributed by atoms with Gasteiger partial charge in [0.1, 0.15) is 4.34 Å². The second-order valence-electron chi connectivity index (χ2n) is 4.19. The van der Waals surface area contributed by atoms with Gasteiger partial charge in [-0.1, -0.05) is 18.0 Å². The molecule has 1 aliphatic rings. The molecule has 0 aliphatic carbocycles. The number of nitrogens with two attached hydrogens (primary N) is 1. The van der Waals surface area contributed by atoms with Crippen LogP contribution in [0.3, 0.4) is 0 Å². The van der Waals surface area contributed by atoms with Crippen LogP contribution < -0.4 is 5.73 Å². The van der Waals surface area contributed by atoms with Gasteiger partial charge in [0.05, 0.1) is 0 Å². The van der Waals surface area contributed by atoms with Gasteiger partial charge in [-0.3, -0.25) is 4.90 Å². The zero-order valence-electron chi connectivity index (χ0n) is 9.09. The number of hydrogen-bond acceptors (Lipinski definition) is 3. The van der Waals surface area contributed by atoms with Crippen LogP contribution in [0.25, 0.3) is 0 Å². The number of halogens is 2. The van der Waals surface area contributed by atoms with E-state index in [1.54, 1.807) is 11.3 Å². The third kappa shape index (κ3) is 2.99. The van der Waals surface area contributed by atoms with Crippen molar-refractivity contribution < 1.29 is 0 Å². The summed E-state index contributed by atoms with van der Waals surface area (Å²) in [5.74, 6) is 0. The zero-order valence-corrected chi connectivity index (χ0v) is 12.2.